The maximum absolute atomic E-state index is 12.4. The van der Waals surface area contributed by atoms with Gasteiger partial charge in [0.25, 0.3) is 11.8 Å². The van der Waals surface area contributed by atoms with Gasteiger partial charge < -0.3 is 4.98 Å². The number of hydrogen-bond acceptors (Lipinski definition) is 4. The molecule has 2 amide bonds. The molecular formula is C22H15Cl2N5O2. The van der Waals surface area contributed by atoms with Gasteiger partial charge in [-0.1, -0.05) is 71.7 Å². The molecule has 4 aromatic rings. The highest BCUT2D eigenvalue weighted by atomic mass is 35.5. The average molecular weight is 452 g/mol. The Morgan fingerprint density at radius 3 is 2.03 bits per heavy atom. The number of fused-ring (bicyclic) bond motifs is 1. The van der Waals surface area contributed by atoms with Gasteiger partial charge >= 0.3 is 0 Å². The van der Waals surface area contributed by atoms with Crippen LogP contribution < -0.4 is 10.9 Å². The minimum atomic E-state index is -0.564. The highest BCUT2D eigenvalue weighted by Gasteiger charge is 2.14. The van der Waals surface area contributed by atoms with Gasteiger partial charge in [0.2, 0.25) is 0 Å². The molecule has 7 nitrogen and oxygen atoms in total. The number of anilines is 1. The fourth-order valence-electron chi connectivity index (χ4n) is 2.95. The summed E-state index contributed by atoms with van der Waals surface area (Å²) in [6.45, 7) is 0. The van der Waals surface area contributed by atoms with E-state index < -0.39 is 11.8 Å². The van der Waals surface area contributed by atoms with Gasteiger partial charge in [0.15, 0.2) is 5.82 Å². The Bertz CT molecular complexity index is 1320. The number of halogens is 2. The third-order valence-corrected chi connectivity index (χ3v) is 5.12. The van der Waals surface area contributed by atoms with Crippen molar-refractivity contribution in [2.45, 2.75) is 0 Å². The lowest BCUT2D eigenvalue weighted by Gasteiger charge is -2.08. The molecular weight excluding hydrogens is 437 g/mol. The first kappa shape index (κ1) is 20.6. The van der Waals surface area contributed by atoms with E-state index >= 15 is 0 Å². The molecule has 0 saturated heterocycles. The van der Waals surface area contributed by atoms with Crippen LogP contribution >= 0.6 is 23.2 Å². The maximum atomic E-state index is 12.4. The number of nitrogens with one attached hydrogen (secondary N) is 3. The Hall–Kier alpha value is -3.68. The highest BCUT2D eigenvalue weighted by molar-refractivity contribution is 6.34. The van der Waals surface area contributed by atoms with Crippen LogP contribution in [0.1, 0.15) is 20.7 Å². The summed E-state index contributed by atoms with van der Waals surface area (Å²) < 4.78 is 0. The number of nitrogens with zero attached hydrogens (tertiary/aromatic N) is 2. The molecule has 1 heterocycles. The first-order chi connectivity index (χ1) is 15.0. The van der Waals surface area contributed by atoms with Crippen molar-refractivity contribution < 1.29 is 9.59 Å². The van der Waals surface area contributed by atoms with E-state index in [9.17, 15) is 9.59 Å². The molecule has 0 fully saturated rings. The van der Waals surface area contributed by atoms with E-state index in [-0.39, 0.29) is 5.56 Å². The van der Waals surface area contributed by atoms with E-state index in [0.717, 1.165) is 5.39 Å². The monoisotopic (exact) mass is 451 g/mol. The number of H-pyrrole nitrogens is 1. The molecule has 0 radical (unpaired) electrons. The van der Waals surface area contributed by atoms with Crippen LogP contribution in [0.3, 0.4) is 0 Å². The van der Waals surface area contributed by atoms with Crippen molar-refractivity contribution in [3.05, 3.63) is 94.0 Å². The molecule has 0 aliphatic carbocycles. The van der Waals surface area contributed by atoms with Crippen LogP contribution in [-0.4, -0.2) is 16.8 Å². The summed E-state index contributed by atoms with van der Waals surface area (Å²) >= 11 is 12.1. The molecule has 0 atom stereocenters. The number of carbonyl (C=O) groups is 2. The summed E-state index contributed by atoms with van der Waals surface area (Å²) in [6.07, 6.45) is 0. The van der Waals surface area contributed by atoms with E-state index in [1.807, 2.05) is 24.3 Å². The summed E-state index contributed by atoms with van der Waals surface area (Å²) in [5.41, 5.74) is 6.03. The molecule has 31 heavy (non-hydrogen) atoms. The van der Waals surface area contributed by atoms with E-state index in [0.29, 0.717) is 32.6 Å². The van der Waals surface area contributed by atoms with E-state index in [2.05, 4.69) is 26.1 Å². The summed E-state index contributed by atoms with van der Waals surface area (Å²) in [7, 11) is 0. The van der Waals surface area contributed by atoms with Crippen molar-refractivity contribution in [2.24, 2.45) is 10.2 Å². The molecule has 0 spiro atoms. The largest absolute Gasteiger partial charge is 0.323 e. The number of azo groups is 1. The molecule has 4 rings (SSSR count). The number of hydrogen-bond donors (Lipinski definition) is 3. The topological polar surface area (TPSA) is 98.7 Å². The number of aromatic amines is 1. The van der Waals surface area contributed by atoms with Crippen molar-refractivity contribution in [3.8, 4) is 0 Å². The van der Waals surface area contributed by atoms with Gasteiger partial charge in [0.1, 0.15) is 5.82 Å². The van der Waals surface area contributed by atoms with Gasteiger partial charge in [-0.3, -0.25) is 20.4 Å². The fraction of sp³-hybridized carbons (Fsp3) is 0. The molecule has 154 valence electrons. The highest BCUT2D eigenvalue weighted by Crippen LogP contribution is 2.32. The van der Waals surface area contributed by atoms with Crippen LogP contribution in [0.5, 0.6) is 0 Å². The van der Waals surface area contributed by atoms with Crippen LogP contribution in [0.25, 0.3) is 10.8 Å². The van der Waals surface area contributed by atoms with E-state index in [1.165, 1.54) is 0 Å². The molecule has 3 aromatic carbocycles. The summed E-state index contributed by atoms with van der Waals surface area (Å²) in [5, 5.41) is 9.94. The third-order valence-electron chi connectivity index (χ3n) is 4.46. The summed E-state index contributed by atoms with van der Waals surface area (Å²) in [5.74, 6) is -0.132. The Morgan fingerprint density at radius 1 is 0.774 bits per heavy atom. The second kappa shape index (κ2) is 8.99. The number of aromatic nitrogens is 1. The number of amides is 2. The third kappa shape index (κ3) is 4.42. The predicted octanol–water partition coefficient (Wildman–Crippen LogP) is 6.16. The SMILES string of the molecule is O=C(N=Nc1[nH]c(NNC(=O)c2ccccc2Cl)c2ccccc12)c1ccccc1Cl. The van der Waals surface area contributed by atoms with E-state index in [4.69, 9.17) is 23.2 Å². The Balaban J connectivity index is 1.58. The van der Waals surface area contributed by atoms with Crippen LogP contribution in [0.4, 0.5) is 11.6 Å². The van der Waals surface area contributed by atoms with Crippen molar-refractivity contribution in [2.75, 3.05) is 5.43 Å². The zero-order valence-electron chi connectivity index (χ0n) is 15.9. The first-order valence-electron chi connectivity index (χ1n) is 9.17. The molecule has 0 aliphatic rings. The Kier molecular flexibility index (Phi) is 5.97. The van der Waals surface area contributed by atoms with Crippen molar-refractivity contribution in [1.29, 1.82) is 0 Å². The van der Waals surface area contributed by atoms with Gasteiger partial charge in [-0.25, -0.2) is 0 Å². The van der Waals surface area contributed by atoms with Gasteiger partial charge in [-0.05, 0) is 24.3 Å². The molecule has 0 saturated carbocycles. The Labute approximate surface area is 187 Å². The fourth-order valence-corrected chi connectivity index (χ4v) is 3.39. The smallest absolute Gasteiger partial charge is 0.296 e. The number of carbonyl (C=O) groups excluding carboxylic acids is 2. The second-order valence-electron chi connectivity index (χ2n) is 6.44. The van der Waals surface area contributed by atoms with Crippen molar-refractivity contribution >= 4 is 57.4 Å². The molecule has 0 bridgehead atoms. The minimum absolute atomic E-state index is 0.258. The lowest BCUT2D eigenvalue weighted by molar-refractivity contribution is 0.0961. The number of rotatable bonds is 5. The molecule has 1 aromatic heterocycles. The minimum Gasteiger partial charge on any atom is -0.323 e. The standard InChI is InChI=1S/C22H15Cl2N5O2/c23-17-11-5-3-9-15(17)21(30)28-26-19-13-7-1-2-8-14(13)20(25-19)27-29-22(31)16-10-4-6-12-18(16)24/h1-12,25-26H,(H,28,30). The molecule has 9 heteroatoms. The molecule has 0 unspecified atom stereocenters. The van der Waals surface area contributed by atoms with Crippen LogP contribution in [0.15, 0.2) is 83.0 Å². The van der Waals surface area contributed by atoms with Gasteiger partial charge in [-0.15, -0.1) is 10.2 Å². The van der Waals surface area contributed by atoms with Crippen molar-refractivity contribution in [1.82, 2.24) is 10.4 Å². The van der Waals surface area contributed by atoms with Gasteiger partial charge in [0.05, 0.1) is 21.2 Å². The quantitative estimate of drug-likeness (QED) is 0.250. The molecule has 3 N–H and O–H groups in total. The van der Waals surface area contributed by atoms with Crippen molar-refractivity contribution in [3.63, 3.8) is 0 Å². The van der Waals surface area contributed by atoms with Crippen LogP contribution in [0, 0.1) is 0 Å². The lowest BCUT2D eigenvalue weighted by Crippen LogP contribution is -2.29. The Morgan fingerprint density at radius 2 is 1.35 bits per heavy atom. The normalized spacial score (nSPS) is 11.0. The first-order valence-corrected chi connectivity index (χ1v) is 9.92. The van der Waals surface area contributed by atoms with Gasteiger partial charge in [-0.2, -0.15) is 0 Å². The summed E-state index contributed by atoms with van der Waals surface area (Å²) in [4.78, 5) is 27.8. The van der Waals surface area contributed by atoms with Crippen LogP contribution in [-0.2, 0) is 0 Å². The number of benzene rings is 3. The van der Waals surface area contributed by atoms with Crippen LogP contribution in [0.2, 0.25) is 10.0 Å². The zero-order chi connectivity index (χ0) is 21.8. The number of hydrazine groups is 1. The maximum Gasteiger partial charge on any atom is 0.296 e. The zero-order valence-corrected chi connectivity index (χ0v) is 17.4. The molecule has 0 aliphatic heterocycles. The second-order valence-corrected chi connectivity index (χ2v) is 7.25. The predicted molar refractivity (Wildman–Crippen MR) is 121 cm³/mol. The lowest BCUT2D eigenvalue weighted by atomic mass is 10.2. The van der Waals surface area contributed by atoms with Gasteiger partial charge in [0, 0.05) is 10.8 Å². The average Bonchev–Trinajstić information content (AvgIpc) is 3.14. The van der Waals surface area contributed by atoms with E-state index in [1.54, 1.807) is 48.5 Å². The summed E-state index contributed by atoms with van der Waals surface area (Å²) in [6, 6.07) is 20.7.